The SMILES string of the molecule is CCCCN(C)c1nccc(CO)c1F. The molecule has 0 saturated carbocycles. The van der Waals surface area contributed by atoms with Crippen molar-refractivity contribution in [3.05, 3.63) is 23.6 Å². The van der Waals surface area contributed by atoms with Crippen molar-refractivity contribution >= 4 is 5.82 Å². The van der Waals surface area contributed by atoms with E-state index < -0.39 is 5.82 Å². The summed E-state index contributed by atoms with van der Waals surface area (Å²) in [5.41, 5.74) is 0.295. The van der Waals surface area contributed by atoms with Crippen molar-refractivity contribution in [1.82, 2.24) is 4.98 Å². The average Bonchev–Trinajstić information content (AvgIpc) is 2.26. The van der Waals surface area contributed by atoms with Crippen LogP contribution in [0.4, 0.5) is 10.2 Å². The summed E-state index contributed by atoms with van der Waals surface area (Å²) < 4.78 is 13.7. The van der Waals surface area contributed by atoms with Gasteiger partial charge in [-0.3, -0.25) is 0 Å². The molecule has 0 aliphatic carbocycles. The molecule has 1 aromatic heterocycles. The molecule has 0 aromatic carbocycles. The number of aliphatic hydroxyl groups is 1. The molecular formula is C11H17FN2O. The molecule has 1 N–H and O–H groups in total. The number of halogens is 1. The number of rotatable bonds is 5. The summed E-state index contributed by atoms with van der Waals surface area (Å²) in [4.78, 5) is 5.76. The molecule has 0 amide bonds. The predicted molar refractivity (Wildman–Crippen MR) is 58.3 cm³/mol. The van der Waals surface area contributed by atoms with Crippen molar-refractivity contribution in [2.24, 2.45) is 0 Å². The first-order chi connectivity index (χ1) is 7.20. The van der Waals surface area contributed by atoms with Crippen molar-refractivity contribution in [2.45, 2.75) is 26.4 Å². The summed E-state index contributed by atoms with van der Waals surface area (Å²) in [6.07, 6.45) is 3.58. The third-order valence-electron chi connectivity index (χ3n) is 2.33. The van der Waals surface area contributed by atoms with Gasteiger partial charge in [-0.15, -0.1) is 0 Å². The lowest BCUT2D eigenvalue weighted by Crippen LogP contribution is -2.21. The molecule has 4 heteroatoms. The summed E-state index contributed by atoms with van der Waals surface area (Å²) in [7, 11) is 1.81. The van der Waals surface area contributed by atoms with E-state index in [4.69, 9.17) is 5.11 Å². The second kappa shape index (κ2) is 5.66. The molecule has 15 heavy (non-hydrogen) atoms. The van der Waals surface area contributed by atoms with Crippen LogP contribution in [0.25, 0.3) is 0 Å². The van der Waals surface area contributed by atoms with Crippen LogP contribution in [0.1, 0.15) is 25.3 Å². The van der Waals surface area contributed by atoms with Gasteiger partial charge in [-0.2, -0.15) is 0 Å². The van der Waals surface area contributed by atoms with Gasteiger partial charge in [0.2, 0.25) is 0 Å². The summed E-state index contributed by atoms with van der Waals surface area (Å²) in [6, 6.07) is 1.49. The number of aromatic nitrogens is 1. The Hall–Kier alpha value is -1.16. The fourth-order valence-electron chi connectivity index (χ4n) is 1.36. The molecule has 1 heterocycles. The lowest BCUT2D eigenvalue weighted by molar-refractivity contribution is 0.275. The highest BCUT2D eigenvalue weighted by molar-refractivity contribution is 5.41. The molecule has 1 aromatic rings. The first-order valence-corrected chi connectivity index (χ1v) is 5.16. The van der Waals surface area contributed by atoms with Crippen molar-refractivity contribution < 1.29 is 9.50 Å². The van der Waals surface area contributed by atoms with E-state index in [2.05, 4.69) is 11.9 Å². The van der Waals surface area contributed by atoms with Crippen LogP contribution >= 0.6 is 0 Å². The number of aliphatic hydroxyl groups excluding tert-OH is 1. The number of hydrogen-bond donors (Lipinski definition) is 1. The van der Waals surface area contributed by atoms with Crippen LogP contribution in [0, 0.1) is 5.82 Å². The van der Waals surface area contributed by atoms with Crippen molar-refractivity contribution in [3.63, 3.8) is 0 Å². The zero-order valence-electron chi connectivity index (χ0n) is 9.20. The van der Waals surface area contributed by atoms with E-state index in [1.54, 1.807) is 4.90 Å². The van der Waals surface area contributed by atoms with Gasteiger partial charge in [0.1, 0.15) is 0 Å². The van der Waals surface area contributed by atoms with E-state index in [0.717, 1.165) is 19.4 Å². The molecule has 1 rings (SSSR count). The van der Waals surface area contributed by atoms with Gasteiger partial charge in [0.05, 0.1) is 6.61 Å². The van der Waals surface area contributed by atoms with Gasteiger partial charge in [-0.05, 0) is 12.5 Å². The van der Waals surface area contributed by atoms with Crippen LogP contribution < -0.4 is 4.90 Å². The molecule has 0 atom stereocenters. The molecule has 0 saturated heterocycles. The Morgan fingerprint density at radius 3 is 2.87 bits per heavy atom. The number of anilines is 1. The third kappa shape index (κ3) is 2.89. The fraction of sp³-hybridized carbons (Fsp3) is 0.545. The van der Waals surface area contributed by atoms with Gasteiger partial charge in [-0.25, -0.2) is 9.37 Å². The summed E-state index contributed by atoms with van der Waals surface area (Å²) in [5.74, 6) is -0.103. The van der Waals surface area contributed by atoms with Crippen LogP contribution in [-0.4, -0.2) is 23.7 Å². The first kappa shape index (κ1) is 11.9. The van der Waals surface area contributed by atoms with Crippen LogP contribution in [-0.2, 0) is 6.61 Å². The number of nitrogens with zero attached hydrogens (tertiary/aromatic N) is 2. The van der Waals surface area contributed by atoms with Crippen LogP contribution in [0.3, 0.4) is 0 Å². The summed E-state index contributed by atoms with van der Waals surface area (Å²) in [5, 5.41) is 8.91. The van der Waals surface area contributed by atoms with Gasteiger partial charge in [0, 0.05) is 25.4 Å². The Labute approximate surface area is 89.6 Å². The Balaban J connectivity index is 2.83. The van der Waals surface area contributed by atoms with Gasteiger partial charge < -0.3 is 10.0 Å². The van der Waals surface area contributed by atoms with Gasteiger partial charge in [-0.1, -0.05) is 13.3 Å². The van der Waals surface area contributed by atoms with E-state index >= 15 is 0 Å². The Morgan fingerprint density at radius 1 is 1.53 bits per heavy atom. The molecule has 0 aliphatic heterocycles. The predicted octanol–water partition coefficient (Wildman–Crippen LogP) is 1.95. The topological polar surface area (TPSA) is 36.4 Å². The molecule has 0 spiro atoms. The smallest absolute Gasteiger partial charge is 0.171 e. The van der Waals surface area contributed by atoms with Crippen molar-refractivity contribution in [1.29, 1.82) is 0 Å². The van der Waals surface area contributed by atoms with Gasteiger partial charge in [0.15, 0.2) is 11.6 Å². The highest BCUT2D eigenvalue weighted by Crippen LogP contribution is 2.18. The highest BCUT2D eigenvalue weighted by Gasteiger charge is 2.11. The Kier molecular flexibility index (Phi) is 4.49. The molecule has 3 nitrogen and oxygen atoms in total. The molecule has 0 bridgehead atoms. The average molecular weight is 212 g/mol. The second-order valence-corrected chi connectivity index (χ2v) is 3.54. The van der Waals surface area contributed by atoms with E-state index in [-0.39, 0.29) is 6.61 Å². The van der Waals surface area contributed by atoms with E-state index in [0.29, 0.717) is 11.4 Å². The largest absolute Gasteiger partial charge is 0.392 e. The standard InChI is InChI=1S/C11H17FN2O/c1-3-4-7-14(2)11-10(12)9(8-15)5-6-13-11/h5-6,15H,3-4,7-8H2,1-2H3. The maximum Gasteiger partial charge on any atom is 0.171 e. The fourth-order valence-corrected chi connectivity index (χ4v) is 1.36. The van der Waals surface area contributed by atoms with Crippen LogP contribution in [0.15, 0.2) is 12.3 Å². The number of pyridine rings is 1. The highest BCUT2D eigenvalue weighted by atomic mass is 19.1. The maximum atomic E-state index is 13.7. The molecular weight excluding hydrogens is 195 g/mol. The monoisotopic (exact) mass is 212 g/mol. The lowest BCUT2D eigenvalue weighted by atomic mass is 10.2. The molecule has 84 valence electrons. The molecule has 0 unspecified atom stereocenters. The van der Waals surface area contributed by atoms with E-state index in [1.807, 2.05) is 7.05 Å². The minimum absolute atomic E-state index is 0.289. The minimum atomic E-state index is -0.418. The van der Waals surface area contributed by atoms with Gasteiger partial charge >= 0.3 is 0 Å². The maximum absolute atomic E-state index is 13.7. The number of hydrogen-bond acceptors (Lipinski definition) is 3. The minimum Gasteiger partial charge on any atom is -0.392 e. The number of unbranched alkanes of at least 4 members (excludes halogenated alkanes) is 1. The Morgan fingerprint density at radius 2 is 2.27 bits per heavy atom. The van der Waals surface area contributed by atoms with E-state index in [9.17, 15) is 4.39 Å². The summed E-state index contributed by atoms with van der Waals surface area (Å²) in [6.45, 7) is 2.57. The summed E-state index contributed by atoms with van der Waals surface area (Å²) >= 11 is 0. The molecule has 0 fully saturated rings. The lowest BCUT2D eigenvalue weighted by Gasteiger charge is -2.18. The van der Waals surface area contributed by atoms with Crippen molar-refractivity contribution in [3.8, 4) is 0 Å². The first-order valence-electron chi connectivity index (χ1n) is 5.16. The zero-order valence-corrected chi connectivity index (χ0v) is 9.20. The third-order valence-corrected chi connectivity index (χ3v) is 2.33. The molecule has 0 radical (unpaired) electrons. The quantitative estimate of drug-likeness (QED) is 0.810. The van der Waals surface area contributed by atoms with E-state index in [1.165, 1.54) is 12.3 Å². The molecule has 0 aliphatic rings. The van der Waals surface area contributed by atoms with Crippen molar-refractivity contribution in [2.75, 3.05) is 18.5 Å². The van der Waals surface area contributed by atoms with Crippen LogP contribution in [0.5, 0.6) is 0 Å². The van der Waals surface area contributed by atoms with Gasteiger partial charge in [0.25, 0.3) is 0 Å². The second-order valence-electron chi connectivity index (χ2n) is 3.54. The normalized spacial score (nSPS) is 10.4. The Bertz CT molecular complexity index is 317. The zero-order chi connectivity index (χ0) is 11.3. The van der Waals surface area contributed by atoms with Crippen LogP contribution in [0.2, 0.25) is 0 Å².